The Morgan fingerprint density at radius 2 is 1.53 bits per heavy atom. The highest BCUT2D eigenvalue weighted by Crippen LogP contribution is 2.44. The van der Waals surface area contributed by atoms with E-state index < -0.39 is 11.4 Å². The van der Waals surface area contributed by atoms with Gasteiger partial charge in [0.25, 0.3) is 0 Å². The molecule has 0 saturated carbocycles. The zero-order valence-electron chi connectivity index (χ0n) is 9.07. The van der Waals surface area contributed by atoms with Crippen LogP contribution in [-0.2, 0) is 9.47 Å². The molecule has 0 aromatic carbocycles. The van der Waals surface area contributed by atoms with Gasteiger partial charge in [-0.05, 0) is 43.2 Å². The molecule has 2 unspecified atom stereocenters. The molecule has 1 fully saturated rings. The van der Waals surface area contributed by atoms with E-state index >= 15 is 0 Å². The van der Waals surface area contributed by atoms with Gasteiger partial charge in [-0.3, -0.25) is 0 Å². The van der Waals surface area contributed by atoms with Crippen molar-refractivity contribution in [2.24, 2.45) is 0 Å². The van der Waals surface area contributed by atoms with Crippen molar-refractivity contribution in [3.63, 3.8) is 0 Å². The SMILES string of the molecule is COC12C=CC=CC(OC)(CCC1)N2Cl. The summed E-state index contributed by atoms with van der Waals surface area (Å²) in [4.78, 5) is 0. The largest absolute Gasteiger partial charge is 0.359 e. The third-order valence-electron chi connectivity index (χ3n) is 3.27. The van der Waals surface area contributed by atoms with Crippen LogP contribution in [0.4, 0.5) is 0 Å². The fourth-order valence-electron chi connectivity index (χ4n) is 2.32. The Labute approximate surface area is 95.4 Å². The van der Waals surface area contributed by atoms with Gasteiger partial charge in [-0.15, -0.1) is 0 Å². The second kappa shape index (κ2) is 3.91. The van der Waals surface area contributed by atoms with Crippen LogP contribution in [-0.4, -0.2) is 30.1 Å². The van der Waals surface area contributed by atoms with E-state index in [1.165, 1.54) is 0 Å². The van der Waals surface area contributed by atoms with Crippen molar-refractivity contribution < 1.29 is 9.47 Å². The van der Waals surface area contributed by atoms with Crippen LogP contribution in [0.25, 0.3) is 0 Å². The van der Waals surface area contributed by atoms with Crippen LogP contribution >= 0.6 is 11.8 Å². The summed E-state index contributed by atoms with van der Waals surface area (Å²) < 4.78 is 12.8. The Kier molecular flexibility index (Phi) is 2.90. The van der Waals surface area contributed by atoms with Gasteiger partial charge in [0.1, 0.15) is 0 Å². The molecule has 4 heteroatoms. The molecule has 0 aromatic heterocycles. The molecule has 84 valence electrons. The molecule has 2 aliphatic rings. The lowest BCUT2D eigenvalue weighted by Gasteiger charge is -2.49. The summed E-state index contributed by atoms with van der Waals surface area (Å²) in [5.41, 5.74) is -1.08. The number of hydrogen-bond donors (Lipinski definition) is 0. The van der Waals surface area contributed by atoms with Crippen LogP contribution in [0.1, 0.15) is 19.3 Å². The third-order valence-corrected chi connectivity index (χ3v) is 3.84. The van der Waals surface area contributed by atoms with Crippen molar-refractivity contribution in [3.05, 3.63) is 24.3 Å². The van der Waals surface area contributed by atoms with Crippen LogP contribution in [0.5, 0.6) is 0 Å². The predicted octanol–water partition coefficient (Wildman–Crippen LogP) is 2.44. The van der Waals surface area contributed by atoms with E-state index in [0.29, 0.717) is 0 Å². The number of piperidine rings is 1. The highest BCUT2D eigenvalue weighted by molar-refractivity contribution is 6.14. The van der Waals surface area contributed by atoms with Crippen LogP contribution in [0.15, 0.2) is 24.3 Å². The average Bonchev–Trinajstić information content (AvgIpc) is 2.37. The Morgan fingerprint density at radius 3 is 1.93 bits per heavy atom. The standard InChI is InChI=1S/C11H16ClNO2/c1-14-10-6-3-4-7-11(15-2,13(10)12)9-5-8-10/h3-4,6-7H,5,8-9H2,1-2H3. The fraction of sp³-hybridized carbons (Fsp3) is 0.636. The number of methoxy groups -OCH3 is 2. The Bertz CT molecular complexity index is 277. The molecule has 3 nitrogen and oxygen atoms in total. The van der Waals surface area contributed by atoms with Crippen molar-refractivity contribution in [2.75, 3.05) is 14.2 Å². The molecule has 1 saturated heterocycles. The first-order valence-corrected chi connectivity index (χ1v) is 5.46. The molecule has 2 aliphatic heterocycles. The minimum Gasteiger partial charge on any atom is -0.359 e. The molecule has 0 aliphatic carbocycles. The first-order chi connectivity index (χ1) is 7.19. The van der Waals surface area contributed by atoms with Gasteiger partial charge in [-0.1, -0.05) is 12.2 Å². The van der Waals surface area contributed by atoms with Crippen LogP contribution < -0.4 is 0 Å². The summed E-state index contributed by atoms with van der Waals surface area (Å²) >= 11 is 6.38. The van der Waals surface area contributed by atoms with Gasteiger partial charge in [0.05, 0.1) is 0 Å². The quantitative estimate of drug-likeness (QED) is 0.679. The minimum absolute atomic E-state index is 0.542. The predicted molar refractivity (Wildman–Crippen MR) is 59.3 cm³/mol. The number of nitrogens with zero attached hydrogens (tertiary/aromatic N) is 1. The monoisotopic (exact) mass is 229 g/mol. The lowest BCUT2D eigenvalue weighted by Crippen LogP contribution is -2.58. The molecular weight excluding hydrogens is 214 g/mol. The van der Waals surface area contributed by atoms with E-state index in [9.17, 15) is 0 Å². The van der Waals surface area contributed by atoms with Gasteiger partial charge in [0.15, 0.2) is 11.4 Å². The Morgan fingerprint density at radius 1 is 1.07 bits per heavy atom. The number of halogens is 1. The highest BCUT2D eigenvalue weighted by atomic mass is 35.5. The molecule has 2 bridgehead atoms. The topological polar surface area (TPSA) is 21.7 Å². The lowest BCUT2D eigenvalue weighted by atomic mass is 9.93. The molecule has 0 spiro atoms. The van der Waals surface area contributed by atoms with E-state index in [1.54, 1.807) is 18.6 Å². The van der Waals surface area contributed by atoms with E-state index in [1.807, 2.05) is 24.3 Å². The molecule has 0 N–H and O–H groups in total. The van der Waals surface area contributed by atoms with E-state index in [-0.39, 0.29) is 0 Å². The van der Waals surface area contributed by atoms with Crippen LogP contribution in [0, 0.1) is 0 Å². The number of allylic oxidation sites excluding steroid dienone is 2. The molecule has 15 heavy (non-hydrogen) atoms. The Balaban J connectivity index is 2.43. The zero-order valence-corrected chi connectivity index (χ0v) is 9.83. The van der Waals surface area contributed by atoms with Crippen LogP contribution in [0.2, 0.25) is 0 Å². The normalized spacial score (nSPS) is 40.5. The maximum Gasteiger partial charge on any atom is 0.156 e. The van der Waals surface area contributed by atoms with Gasteiger partial charge in [-0.25, -0.2) is 0 Å². The average molecular weight is 230 g/mol. The van der Waals surface area contributed by atoms with E-state index in [2.05, 4.69) is 0 Å². The summed E-state index contributed by atoms with van der Waals surface area (Å²) in [6.45, 7) is 0. The Hall–Kier alpha value is -0.350. The minimum atomic E-state index is -0.542. The summed E-state index contributed by atoms with van der Waals surface area (Å²) in [6, 6.07) is 0. The lowest BCUT2D eigenvalue weighted by molar-refractivity contribution is -0.192. The van der Waals surface area contributed by atoms with E-state index in [0.717, 1.165) is 19.3 Å². The second-order valence-corrected chi connectivity index (χ2v) is 4.29. The van der Waals surface area contributed by atoms with Crippen LogP contribution in [0.3, 0.4) is 0 Å². The van der Waals surface area contributed by atoms with Crippen molar-refractivity contribution in [1.29, 1.82) is 0 Å². The number of rotatable bonds is 2. The zero-order chi connectivity index (χ0) is 10.9. The first-order valence-electron chi connectivity index (χ1n) is 5.13. The highest BCUT2D eigenvalue weighted by Gasteiger charge is 2.50. The smallest absolute Gasteiger partial charge is 0.156 e. The van der Waals surface area contributed by atoms with Gasteiger partial charge >= 0.3 is 0 Å². The molecule has 2 rings (SSSR count). The maximum absolute atomic E-state index is 6.38. The van der Waals surface area contributed by atoms with Crippen molar-refractivity contribution in [1.82, 2.24) is 4.42 Å². The second-order valence-electron chi connectivity index (χ2n) is 3.95. The molecule has 0 aromatic rings. The third kappa shape index (κ3) is 1.54. The summed E-state index contributed by atoms with van der Waals surface area (Å²) in [5, 5.41) is 0. The number of hydrogen-bond acceptors (Lipinski definition) is 3. The fourth-order valence-corrected chi connectivity index (χ4v) is 2.74. The van der Waals surface area contributed by atoms with E-state index in [4.69, 9.17) is 21.3 Å². The first kappa shape index (κ1) is 11.1. The summed E-state index contributed by atoms with van der Waals surface area (Å²) in [6.07, 6.45) is 10.7. The molecule has 2 atom stereocenters. The van der Waals surface area contributed by atoms with Gasteiger partial charge in [-0.2, -0.15) is 4.42 Å². The van der Waals surface area contributed by atoms with Gasteiger partial charge in [0, 0.05) is 14.2 Å². The van der Waals surface area contributed by atoms with Gasteiger partial charge in [0.2, 0.25) is 0 Å². The number of ether oxygens (including phenoxy) is 2. The van der Waals surface area contributed by atoms with Gasteiger partial charge < -0.3 is 9.47 Å². The molecule has 2 heterocycles. The molecule has 0 amide bonds. The molecule has 0 radical (unpaired) electrons. The van der Waals surface area contributed by atoms with Crippen molar-refractivity contribution in [2.45, 2.75) is 30.7 Å². The number of fused-ring (bicyclic) bond motifs is 2. The molecular formula is C11H16ClNO2. The summed E-state index contributed by atoms with van der Waals surface area (Å²) in [5.74, 6) is 0. The van der Waals surface area contributed by atoms with Crippen molar-refractivity contribution in [3.8, 4) is 0 Å². The summed E-state index contributed by atoms with van der Waals surface area (Å²) in [7, 11) is 3.35. The maximum atomic E-state index is 6.38. The van der Waals surface area contributed by atoms with Crippen molar-refractivity contribution >= 4 is 11.8 Å².